The number of hydrogen-bond donors (Lipinski definition) is 1. The van der Waals surface area contributed by atoms with Gasteiger partial charge in [-0.3, -0.25) is 5.10 Å². The van der Waals surface area contributed by atoms with Gasteiger partial charge in [0.2, 0.25) is 0 Å². The molecular formula is C12H7BrIN3S. The Morgan fingerprint density at radius 3 is 2.94 bits per heavy atom. The van der Waals surface area contributed by atoms with Gasteiger partial charge in [0.25, 0.3) is 0 Å². The minimum absolute atomic E-state index is 0.726. The van der Waals surface area contributed by atoms with Gasteiger partial charge in [0, 0.05) is 13.6 Å². The van der Waals surface area contributed by atoms with Gasteiger partial charge >= 0.3 is 0 Å². The van der Waals surface area contributed by atoms with Crippen LogP contribution in [0.15, 0.2) is 40.2 Å². The van der Waals surface area contributed by atoms with Crippen molar-refractivity contribution in [3.63, 3.8) is 0 Å². The fraction of sp³-hybridized carbons (Fsp3) is 0. The van der Waals surface area contributed by atoms with E-state index >= 15 is 0 Å². The summed E-state index contributed by atoms with van der Waals surface area (Å²) in [4.78, 5) is 5.64. The molecule has 18 heavy (non-hydrogen) atoms. The summed E-state index contributed by atoms with van der Waals surface area (Å²) in [6, 6.07) is 10.1. The van der Waals surface area contributed by atoms with Gasteiger partial charge in [-0.2, -0.15) is 5.10 Å². The predicted molar refractivity (Wildman–Crippen MR) is 85.5 cm³/mol. The number of nitrogens with one attached hydrogen (secondary N) is 1. The molecule has 0 unspecified atom stereocenters. The number of hydrogen-bond acceptors (Lipinski definition) is 3. The molecule has 1 N–H and O–H groups in total. The normalized spacial score (nSPS) is 10.8. The number of aromatic nitrogens is 3. The fourth-order valence-corrected chi connectivity index (χ4v) is 3.18. The Morgan fingerprint density at radius 1 is 1.28 bits per heavy atom. The van der Waals surface area contributed by atoms with Crippen molar-refractivity contribution in [1.29, 1.82) is 0 Å². The zero-order valence-electron chi connectivity index (χ0n) is 9.02. The third kappa shape index (κ3) is 2.36. The zero-order chi connectivity index (χ0) is 12.5. The van der Waals surface area contributed by atoms with Crippen molar-refractivity contribution >= 4 is 49.9 Å². The average molecular weight is 432 g/mol. The molecule has 2 aromatic heterocycles. The molecule has 0 aliphatic heterocycles. The average Bonchev–Trinajstić information content (AvgIpc) is 3.00. The van der Waals surface area contributed by atoms with E-state index in [1.165, 1.54) is 0 Å². The van der Waals surface area contributed by atoms with Crippen LogP contribution >= 0.6 is 49.9 Å². The Labute approximate surface area is 130 Å². The molecule has 0 atom stereocenters. The first-order valence-corrected chi connectivity index (χ1v) is 7.91. The number of benzene rings is 1. The lowest BCUT2D eigenvalue weighted by Gasteiger charge is -1.99. The Balaban J connectivity index is 2.05. The van der Waals surface area contributed by atoms with Crippen molar-refractivity contribution in [2.45, 2.75) is 0 Å². The van der Waals surface area contributed by atoms with E-state index in [-0.39, 0.29) is 0 Å². The molecular weight excluding hydrogens is 425 g/mol. The molecule has 0 radical (unpaired) electrons. The highest BCUT2D eigenvalue weighted by atomic mass is 127. The molecule has 6 heteroatoms. The Morgan fingerprint density at radius 2 is 2.17 bits per heavy atom. The highest BCUT2D eigenvalue weighted by Crippen LogP contribution is 2.28. The molecule has 0 aliphatic carbocycles. The molecule has 0 amide bonds. The maximum absolute atomic E-state index is 4.54. The highest BCUT2D eigenvalue weighted by molar-refractivity contribution is 14.1. The maximum atomic E-state index is 4.54. The first kappa shape index (κ1) is 12.3. The molecule has 2 heterocycles. The predicted octanol–water partition coefficient (Wildman–Crippen LogP) is 4.57. The maximum Gasteiger partial charge on any atom is 0.182 e. The highest BCUT2D eigenvalue weighted by Gasteiger charge is 2.11. The molecule has 3 rings (SSSR count). The van der Waals surface area contributed by atoms with Gasteiger partial charge in [-0.15, -0.1) is 11.3 Å². The molecule has 3 nitrogen and oxygen atoms in total. The molecule has 0 saturated heterocycles. The van der Waals surface area contributed by atoms with Crippen LogP contribution in [0.25, 0.3) is 22.1 Å². The summed E-state index contributed by atoms with van der Waals surface area (Å²) in [7, 11) is 0. The molecule has 0 saturated carbocycles. The van der Waals surface area contributed by atoms with Crippen molar-refractivity contribution in [2.24, 2.45) is 0 Å². The van der Waals surface area contributed by atoms with Gasteiger partial charge in [0.15, 0.2) is 11.6 Å². The van der Waals surface area contributed by atoms with Crippen LogP contribution in [0.2, 0.25) is 0 Å². The summed E-state index contributed by atoms with van der Waals surface area (Å²) in [6.45, 7) is 0. The number of thiophene rings is 1. The second-order valence-corrected chi connectivity index (χ2v) is 6.63. The molecule has 0 bridgehead atoms. The lowest BCUT2D eigenvalue weighted by Crippen LogP contribution is -1.85. The van der Waals surface area contributed by atoms with E-state index in [2.05, 4.69) is 53.7 Å². The largest absolute Gasteiger partial charge is 0.258 e. The van der Waals surface area contributed by atoms with Gasteiger partial charge in [-0.05, 0) is 52.2 Å². The summed E-state index contributed by atoms with van der Waals surface area (Å²) >= 11 is 7.41. The minimum Gasteiger partial charge on any atom is -0.258 e. The van der Waals surface area contributed by atoms with Crippen LogP contribution in [0.4, 0.5) is 0 Å². The SMILES string of the molecule is Brc1ccc(I)c(-c2n[nH]c(-c3cccs3)n2)c1. The summed E-state index contributed by atoms with van der Waals surface area (Å²) in [5.74, 6) is 1.54. The van der Waals surface area contributed by atoms with Crippen molar-refractivity contribution in [2.75, 3.05) is 0 Å². The van der Waals surface area contributed by atoms with Crippen molar-refractivity contribution in [3.05, 3.63) is 43.8 Å². The molecule has 3 aromatic rings. The van der Waals surface area contributed by atoms with Crippen molar-refractivity contribution in [3.8, 4) is 22.1 Å². The third-order valence-corrected chi connectivity index (χ3v) is 4.72. The lowest BCUT2D eigenvalue weighted by molar-refractivity contribution is 1.10. The summed E-state index contributed by atoms with van der Waals surface area (Å²) in [5.41, 5.74) is 1.03. The van der Waals surface area contributed by atoms with Gasteiger partial charge in [0.1, 0.15) is 0 Å². The Bertz CT molecular complexity index is 678. The number of aromatic amines is 1. The standard InChI is InChI=1S/C12H7BrIN3S/c13-7-3-4-9(14)8(6-7)11-15-12(17-16-11)10-2-1-5-18-10/h1-6H,(H,15,16,17). The van der Waals surface area contributed by atoms with E-state index in [1.807, 2.05) is 35.7 Å². The van der Waals surface area contributed by atoms with Crippen molar-refractivity contribution < 1.29 is 0 Å². The summed E-state index contributed by atoms with van der Waals surface area (Å²) in [6.07, 6.45) is 0. The van der Waals surface area contributed by atoms with Crippen LogP contribution in [0.5, 0.6) is 0 Å². The monoisotopic (exact) mass is 431 g/mol. The molecule has 0 spiro atoms. The molecule has 1 aromatic carbocycles. The third-order valence-electron chi connectivity index (χ3n) is 2.41. The van der Waals surface area contributed by atoms with E-state index in [4.69, 9.17) is 0 Å². The fourth-order valence-electron chi connectivity index (χ4n) is 1.57. The topological polar surface area (TPSA) is 41.6 Å². The first-order chi connectivity index (χ1) is 8.74. The van der Waals surface area contributed by atoms with E-state index in [9.17, 15) is 0 Å². The van der Waals surface area contributed by atoms with E-state index < -0.39 is 0 Å². The van der Waals surface area contributed by atoms with Gasteiger partial charge in [-0.25, -0.2) is 4.98 Å². The van der Waals surface area contributed by atoms with E-state index in [0.29, 0.717) is 0 Å². The molecule has 0 aliphatic rings. The second kappa shape index (κ2) is 5.10. The number of H-pyrrole nitrogens is 1. The minimum atomic E-state index is 0.726. The van der Waals surface area contributed by atoms with Crippen LogP contribution in [-0.2, 0) is 0 Å². The van der Waals surface area contributed by atoms with Crippen LogP contribution in [0.1, 0.15) is 0 Å². The summed E-state index contributed by atoms with van der Waals surface area (Å²) < 4.78 is 2.16. The Hall–Kier alpha value is -0.730. The van der Waals surface area contributed by atoms with Gasteiger partial charge in [-0.1, -0.05) is 22.0 Å². The summed E-state index contributed by atoms with van der Waals surface area (Å²) in [5, 5.41) is 9.30. The molecule has 0 fully saturated rings. The first-order valence-electron chi connectivity index (χ1n) is 5.16. The van der Waals surface area contributed by atoms with E-state index in [1.54, 1.807) is 11.3 Å². The van der Waals surface area contributed by atoms with Crippen molar-refractivity contribution in [1.82, 2.24) is 15.2 Å². The quantitative estimate of drug-likeness (QED) is 0.604. The van der Waals surface area contributed by atoms with Crippen LogP contribution in [0.3, 0.4) is 0 Å². The van der Waals surface area contributed by atoms with Gasteiger partial charge in [0.05, 0.1) is 4.88 Å². The molecule has 90 valence electrons. The van der Waals surface area contributed by atoms with Crippen LogP contribution in [-0.4, -0.2) is 15.2 Å². The number of nitrogens with zero attached hydrogens (tertiary/aromatic N) is 2. The lowest BCUT2D eigenvalue weighted by atomic mass is 10.2. The van der Waals surface area contributed by atoms with Crippen LogP contribution < -0.4 is 0 Å². The smallest absolute Gasteiger partial charge is 0.182 e. The van der Waals surface area contributed by atoms with Crippen LogP contribution in [0, 0.1) is 3.57 Å². The Kier molecular flexibility index (Phi) is 3.49. The van der Waals surface area contributed by atoms with Gasteiger partial charge < -0.3 is 0 Å². The number of rotatable bonds is 2. The number of halogens is 2. The second-order valence-electron chi connectivity index (χ2n) is 3.61. The zero-order valence-corrected chi connectivity index (χ0v) is 13.6. The van der Waals surface area contributed by atoms with E-state index in [0.717, 1.165) is 30.1 Å².